The Morgan fingerprint density at radius 3 is 2.31 bits per heavy atom. The molecule has 0 aliphatic heterocycles. The van der Waals surface area contributed by atoms with Crippen molar-refractivity contribution < 1.29 is 14.8 Å². The van der Waals surface area contributed by atoms with Crippen LogP contribution in [0.4, 0.5) is 0 Å². The normalized spacial score (nSPS) is 11.1. The molecule has 0 aliphatic carbocycles. The first-order valence-electron chi connectivity index (χ1n) is 5.23. The molecule has 0 atom stereocenters. The molecule has 0 bridgehead atoms. The average molecular weight is 219 g/mol. The van der Waals surface area contributed by atoms with Crippen LogP contribution in [-0.2, 0) is 0 Å². The number of benzene rings is 1. The van der Waals surface area contributed by atoms with E-state index >= 15 is 0 Å². The molecule has 0 aromatic heterocycles. The van der Waals surface area contributed by atoms with Gasteiger partial charge < -0.3 is 14.8 Å². The largest absolute Gasteiger partial charge is 0.497 e. The van der Waals surface area contributed by atoms with E-state index in [2.05, 4.69) is 28.1 Å². The highest BCUT2D eigenvalue weighted by Gasteiger charge is 2.19. The molecule has 3 nitrogen and oxygen atoms in total. The second-order valence-electron chi connectivity index (χ2n) is 4.89. The van der Waals surface area contributed by atoms with Crippen LogP contribution in [0.15, 0.2) is 18.2 Å². The highest BCUT2D eigenvalue weighted by Crippen LogP contribution is 2.21. The SMILES string of the molecule is COc1cc(B(O)O)ccc1[B]C(C)(C)C. The van der Waals surface area contributed by atoms with Crippen molar-refractivity contribution >= 4 is 25.3 Å². The minimum atomic E-state index is -1.46. The lowest BCUT2D eigenvalue weighted by atomic mass is 9.51. The Kier molecular flexibility index (Phi) is 4.05. The molecule has 0 aliphatic rings. The van der Waals surface area contributed by atoms with E-state index in [0.717, 1.165) is 5.46 Å². The molecular formula is C11H17B2O3. The van der Waals surface area contributed by atoms with Crippen molar-refractivity contribution in [1.29, 1.82) is 0 Å². The van der Waals surface area contributed by atoms with E-state index in [1.165, 1.54) is 0 Å². The smallest absolute Gasteiger partial charge is 0.488 e. The molecule has 5 heteroatoms. The summed E-state index contributed by atoms with van der Waals surface area (Å²) in [5.41, 5.74) is 1.39. The molecular weight excluding hydrogens is 202 g/mol. The van der Waals surface area contributed by atoms with Crippen molar-refractivity contribution in [3.8, 4) is 5.75 Å². The van der Waals surface area contributed by atoms with Gasteiger partial charge in [0.05, 0.1) is 7.11 Å². The van der Waals surface area contributed by atoms with Gasteiger partial charge in [0.25, 0.3) is 0 Å². The Balaban J connectivity index is 3.02. The molecule has 1 rings (SSSR count). The van der Waals surface area contributed by atoms with Crippen molar-refractivity contribution in [3.63, 3.8) is 0 Å². The fourth-order valence-electron chi connectivity index (χ4n) is 1.47. The summed E-state index contributed by atoms with van der Waals surface area (Å²) >= 11 is 0. The fourth-order valence-corrected chi connectivity index (χ4v) is 1.47. The van der Waals surface area contributed by atoms with Gasteiger partial charge in [-0.25, -0.2) is 0 Å². The van der Waals surface area contributed by atoms with Crippen LogP contribution in [0.25, 0.3) is 0 Å². The summed E-state index contributed by atoms with van der Waals surface area (Å²) in [6, 6.07) is 5.16. The lowest BCUT2D eigenvalue weighted by Crippen LogP contribution is -2.33. The third kappa shape index (κ3) is 3.58. The third-order valence-corrected chi connectivity index (χ3v) is 2.14. The average Bonchev–Trinajstić information content (AvgIpc) is 2.15. The van der Waals surface area contributed by atoms with Gasteiger partial charge in [0.1, 0.15) is 5.75 Å². The zero-order valence-electron chi connectivity index (χ0n) is 10.2. The van der Waals surface area contributed by atoms with Gasteiger partial charge in [0, 0.05) is 0 Å². The predicted molar refractivity (Wildman–Crippen MR) is 67.9 cm³/mol. The first-order valence-corrected chi connectivity index (χ1v) is 5.23. The Morgan fingerprint density at radius 1 is 1.25 bits per heavy atom. The lowest BCUT2D eigenvalue weighted by molar-refractivity contribution is 0.414. The van der Waals surface area contributed by atoms with Crippen LogP contribution in [0.2, 0.25) is 5.31 Å². The van der Waals surface area contributed by atoms with Crippen molar-refractivity contribution in [3.05, 3.63) is 18.2 Å². The minimum absolute atomic E-state index is 0.0482. The first-order chi connectivity index (χ1) is 7.33. The number of hydrogen-bond donors (Lipinski definition) is 2. The van der Waals surface area contributed by atoms with E-state index in [1.54, 1.807) is 19.2 Å². The first kappa shape index (κ1) is 13.1. The Bertz CT molecular complexity index is 359. The van der Waals surface area contributed by atoms with Gasteiger partial charge >= 0.3 is 7.12 Å². The molecule has 85 valence electrons. The van der Waals surface area contributed by atoms with Gasteiger partial charge in [0.15, 0.2) is 7.28 Å². The van der Waals surface area contributed by atoms with Crippen molar-refractivity contribution in [2.75, 3.05) is 7.11 Å². The number of ether oxygens (including phenoxy) is 1. The topological polar surface area (TPSA) is 49.7 Å². The fraction of sp³-hybridized carbons (Fsp3) is 0.455. The standard InChI is InChI=1S/C11H17B2O3/c1-11(2,3)12-9-6-5-8(13(14)15)7-10(9)16-4/h5-7,14-15H,1-4H3. The highest BCUT2D eigenvalue weighted by molar-refractivity contribution is 6.60. The van der Waals surface area contributed by atoms with Gasteiger partial charge in [-0.3, -0.25) is 0 Å². The van der Waals surface area contributed by atoms with Crippen molar-refractivity contribution in [2.45, 2.75) is 26.1 Å². The molecule has 0 saturated heterocycles. The summed E-state index contributed by atoms with van der Waals surface area (Å²) in [4.78, 5) is 0. The lowest BCUT2D eigenvalue weighted by Gasteiger charge is -2.19. The minimum Gasteiger partial charge on any atom is -0.497 e. The van der Waals surface area contributed by atoms with E-state index in [0.29, 0.717) is 11.2 Å². The molecule has 0 heterocycles. The van der Waals surface area contributed by atoms with Gasteiger partial charge in [-0.15, -0.1) is 0 Å². The Labute approximate surface area is 97.8 Å². The van der Waals surface area contributed by atoms with E-state index in [4.69, 9.17) is 14.8 Å². The molecule has 1 aromatic rings. The quantitative estimate of drug-likeness (QED) is 0.699. The molecule has 0 fully saturated rings. The van der Waals surface area contributed by atoms with Crippen molar-refractivity contribution in [1.82, 2.24) is 0 Å². The molecule has 16 heavy (non-hydrogen) atoms. The second kappa shape index (κ2) is 4.93. The molecule has 0 saturated carbocycles. The zero-order valence-corrected chi connectivity index (χ0v) is 10.2. The van der Waals surface area contributed by atoms with Crippen LogP contribution in [-0.4, -0.2) is 31.6 Å². The molecule has 1 radical (unpaired) electrons. The monoisotopic (exact) mass is 219 g/mol. The highest BCUT2D eigenvalue weighted by atomic mass is 16.5. The molecule has 2 N–H and O–H groups in total. The number of methoxy groups -OCH3 is 1. The number of hydrogen-bond acceptors (Lipinski definition) is 3. The van der Waals surface area contributed by atoms with E-state index in [1.807, 2.05) is 6.07 Å². The van der Waals surface area contributed by atoms with Gasteiger partial charge in [0.2, 0.25) is 0 Å². The van der Waals surface area contributed by atoms with Crippen LogP contribution in [0.1, 0.15) is 20.8 Å². The van der Waals surface area contributed by atoms with Gasteiger partial charge in [-0.05, 0) is 17.0 Å². The number of rotatable bonds is 3. The van der Waals surface area contributed by atoms with Crippen LogP contribution in [0.5, 0.6) is 5.75 Å². The summed E-state index contributed by atoms with van der Waals surface area (Å²) in [5, 5.41) is 18.2. The van der Waals surface area contributed by atoms with Crippen LogP contribution < -0.4 is 15.7 Å². The van der Waals surface area contributed by atoms with Crippen LogP contribution in [0, 0.1) is 0 Å². The van der Waals surface area contributed by atoms with E-state index in [-0.39, 0.29) is 5.31 Å². The van der Waals surface area contributed by atoms with E-state index < -0.39 is 7.12 Å². The maximum absolute atomic E-state index is 9.06. The summed E-state index contributed by atoms with van der Waals surface area (Å²) in [6.07, 6.45) is 0. The second-order valence-corrected chi connectivity index (χ2v) is 4.89. The van der Waals surface area contributed by atoms with Crippen molar-refractivity contribution in [2.24, 2.45) is 0 Å². The summed E-state index contributed by atoms with van der Waals surface area (Å²) < 4.78 is 5.23. The Hall–Kier alpha value is -0.930. The summed E-state index contributed by atoms with van der Waals surface area (Å²) in [6.45, 7) is 6.30. The summed E-state index contributed by atoms with van der Waals surface area (Å²) in [7, 11) is 2.19. The Morgan fingerprint density at radius 2 is 1.88 bits per heavy atom. The van der Waals surface area contributed by atoms with Gasteiger partial charge in [-0.1, -0.05) is 38.2 Å². The predicted octanol–water partition coefficient (Wildman–Crippen LogP) is -0.0771. The van der Waals surface area contributed by atoms with E-state index in [9.17, 15) is 0 Å². The molecule has 1 aromatic carbocycles. The van der Waals surface area contributed by atoms with Gasteiger partial charge in [-0.2, -0.15) is 0 Å². The van der Waals surface area contributed by atoms with Crippen LogP contribution in [0.3, 0.4) is 0 Å². The molecule has 0 amide bonds. The summed E-state index contributed by atoms with van der Waals surface area (Å²) in [5.74, 6) is 0.653. The maximum atomic E-state index is 9.06. The maximum Gasteiger partial charge on any atom is 0.488 e. The molecule has 0 unspecified atom stereocenters. The zero-order chi connectivity index (χ0) is 12.3. The third-order valence-electron chi connectivity index (χ3n) is 2.14. The van der Waals surface area contributed by atoms with Crippen LogP contribution >= 0.6 is 0 Å². The molecule has 0 spiro atoms.